The summed E-state index contributed by atoms with van der Waals surface area (Å²) in [5.41, 5.74) is 6.00. The van der Waals surface area contributed by atoms with Crippen LogP contribution in [0.1, 0.15) is 36.1 Å². The van der Waals surface area contributed by atoms with Crippen LogP contribution in [0.2, 0.25) is 0 Å². The average molecular weight is 497 g/mol. The van der Waals surface area contributed by atoms with Crippen LogP contribution >= 0.6 is 0 Å². The van der Waals surface area contributed by atoms with Gasteiger partial charge in [0.05, 0.1) is 12.4 Å². The molecule has 35 heavy (non-hydrogen) atoms. The summed E-state index contributed by atoms with van der Waals surface area (Å²) in [6, 6.07) is 11.8. The summed E-state index contributed by atoms with van der Waals surface area (Å²) >= 11 is 0. The van der Waals surface area contributed by atoms with Gasteiger partial charge < -0.3 is 14.2 Å². The van der Waals surface area contributed by atoms with Crippen LogP contribution in [0.25, 0.3) is 22.8 Å². The highest BCUT2D eigenvalue weighted by atomic mass is 32.2. The summed E-state index contributed by atoms with van der Waals surface area (Å²) in [4.78, 5) is 18.6. The topological polar surface area (TPSA) is 106 Å². The van der Waals surface area contributed by atoms with Gasteiger partial charge in [-0.2, -0.15) is 9.29 Å². The molecule has 184 valence electrons. The summed E-state index contributed by atoms with van der Waals surface area (Å²) in [7, 11) is -3.21. The van der Waals surface area contributed by atoms with Crippen molar-refractivity contribution in [3.8, 4) is 22.8 Å². The van der Waals surface area contributed by atoms with Crippen molar-refractivity contribution in [1.82, 2.24) is 19.3 Å². The quantitative estimate of drug-likeness (QED) is 0.543. The number of aromatic nitrogens is 2. The van der Waals surface area contributed by atoms with Crippen LogP contribution in [0.3, 0.4) is 0 Å². The van der Waals surface area contributed by atoms with Crippen molar-refractivity contribution >= 4 is 16.1 Å². The third-order valence-electron chi connectivity index (χ3n) is 6.40. The summed E-state index contributed by atoms with van der Waals surface area (Å²) < 4.78 is 36.1. The Bertz CT molecular complexity index is 1380. The Morgan fingerprint density at radius 3 is 2.34 bits per heavy atom. The van der Waals surface area contributed by atoms with E-state index in [1.807, 2.05) is 50.2 Å². The van der Waals surface area contributed by atoms with E-state index in [4.69, 9.17) is 9.26 Å². The van der Waals surface area contributed by atoms with Gasteiger partial charge >= 0.3 is 6.09 Å². The van der Waals surface area contributed by atoms with Gasteiger partial charge in [0.15, 0.2) is 0 Å². The standard InChI is InChI=1S/C25H28N4O5S/c1-16(2)33-25(30)28-10-8-17-13-20(5-7-21(17)14-28)24-26-23(27-34-24)19-4-6-22-15-29(35(3,31)32)11-9-18(22)12-19/h4-7,12-13,16H,8-11,14-15H2,1-3H3. The minimum Gasteiger partial charge on any atom is -0.447 e. The van der Waals surface area contributed by atoms with Gasteiger partial charge in [-0.05, 0) is 67.1 Å². The molecular formula is C25H28N4O5S. The fourth-order valence-corrected chi connectivity index (χ4v) is 5.32. The first-order valence-corrected chi connectivity index (χ1v) is 13.5. The molecule has 0 fully saturated rings. The summed E-state index contributed by atoms with van der Waals surface area (Å²) in [5, 5.41) is 4.18. The Hall–Kier alpha value is -3.24. The molecule has 0 N–H and O–H groups in total. The first-order valence-electron chi connectivity index (χ1n) is 11.7. The molecule has 2 aliphatic rings. The van der Waals surface area contributed by atoms with Crippen molar-refractivity contribution in [3.63, 3.8) is 0 Å². The van der Waals surface area contributed by atoms with E-state index < -0.39 is 10.0 Å². The molecule has 0 saturated carbocycles. The molecule has 0 spiro atoms. The van der Waals surface area contributed by atoms with Gasteiger partial charge in [0.1, 0.15) is 0 Å². The molecule has 0 atom stereocenters. The zero-order valence-corrected chi connectivity index (χ0v) is 20.8. The predicted octanol–water partition coefficient (Wildman–Crippen LogP) is 3.62. The highest BCUT2D eigenvalue weighted by Gasteiger charge is 2.25. The maximum atomic E-state index is 12.2. The van der Waals surface area contributed by atoms with E-state index in [1.54, 1.807) is 4.90 Å². The minimum absolute atomic E-state index is 0.143. The summed E-state index contributed by atoms with van der Waals surface area (Å²) in [5.74, 6) is 0.930. The number of rotatable bonds is 4. The van der Waals surface area contributed by atoms with Crippen molar-refractivity contribution in [2.45, 2.75) is 45.9 Å². The molecule has 1 amide bonds. The van der Waals surface area contributed by atoms with Crippen LogP contribution in [-0.2, 0) is 40.7 Å². The highest BCUT2D eigenvalue weighted by molar-refractivity contribution is 7.88. The maximum Gasteiger partial charge on any atom is 0.410 e. The van der Waals surface area contributed by atoms with E-state index in [-0.39, 0.29) is 12.2 Å². The molecule has 0 bridgehead atoms. The highest BCUT2D eigenvalue weighted by Crippen LogP contribution is 2.29. The van der Waals surface area contributed by atoms with Crippen molar-refractivity contribution in [2.75, 3.05) is 19.3 Å². The van der Waals surface area contributed by atoms with E-state index in [0.29, 0.717) is 44.3 Å². The second-order valence-electron chi connectivity index (χ2n) is 9.34. The molecule has 2 aromatic carbocycles. The normalized spacial score (nSPS) is 16.2. The number of amides is 1. The van der Waals surface area contributed by atoms with Crippen LogP contribution in [-0.4, -0.2) is 59.3 Å². The average Bonchev–Trinajstić information content (AvgIpc) is 3.32. The molecule has 2 aliphatic heterocycles. The van der Waals surface area contributed by atoms with Crippen molar-refractivity contribution < 1.29 is 22.5 Å². The van der Waals surface area contributed by atoms with Gasteiger partial charge in [0.2, 0.25) is 15.8 Å². The van der Waals surface area contributed by atoms with Crippen molar-refractivity contribution in [3.05, 3.63) is 58.7 Å². The fraction of sp³-hybridized carbons (Fsp3) is 0.400. The first-order chi connectivity index (χ1) is 16.7. The molecule has 3 aromatic rings. The number of carbonyl (C=O) groups excluding carboxylic acids is 1. The van der Waals surface area contributed by atoms with Gasteiger partial charge in [0, 0.05) is 37.3 Å². The minimum atomic E-state index is -3.21. The number of benzene rings is 2. The SMILES string of the molecule is CC(C)OC(=O)N1CCc2cc(-c3nc(-c4ccc5c(c4)CCN(S(C)(=O)=O)C5)no3)ccc2C1. The maximum absolute atomic E-state index is 12.2. The molecule has 0 radical (unpaired) electrons. The molecule has 1 aromatic heterocycles. The Balaban J connectivity index is 1.32. The third-order valence-corrected chi connectivity index (χ3v) is 7.65. The number of hydrogen-bond acceptors (Lipinski definition) is 7. The predicted molar refractivity (Wildman–Crippen MR) is 130 cm³/mol. The lowest BCUT2D eigenvalue weighted by Gasteiger charge is -2.29. The molecule has 0 saturated heterocycles. The molecule has 10 heteroatoms. The molecular weight excluding hydrogens is 468 g/mol. The number of hydrogen-bond donors (Lipinski definition) is 0. The number of sulfonamides is 1. The van der Waals surface area contributed by atoms with Crippen molar-refractivity contribution in [2.24, 2.45) is 0 Å². The largest absolute Gasteiger partial charge is 0.447 e. The zero-order valence-electron chi connectivity index (χ0n) is 20.0. The van der Waals surface area contributed by atoms with E-state index in [9.17, 15) is 13.2 Å². The van der Waals surface area contributed by atoms with Gasteiger partial charge in [-0.15, -0.1) is 0 Å². The van der Waals surface area contributed by atoms with Crippen molar-refractivity contribution in [1.29, 1.82) is 0 Å². The fourth-order valence-electron chi connectivity index (χ4n) is 4.53. The summed E-state index contributed by atoms with van der Waals surface area (Å²) in [6.45, 7) is 5.65. The molecule has 9 nitrogen and oxygen atoms in total. The Morgan fingerprint density at radius 2 is 1.63 bits per heavy atom. The van der Waals surface area contributed by atoms with E-state index in [2.05, 4.69) is 10.1 Å². The smallest absolute Gasteiger partial charge is 0.410 e. The second-order valence-corrected chi connectivity index (χ2v) is 11.3. The van der Waals surface area contributed by atoms with E-state index >= 15 is 0 Å². The lowest BCUT2D eigenvalue weighted by molar-refractivity contribution is 0.0730. The third kappa shape index (κ3) is 4.94. The van der Waals surface area contributed by atoms with Crippen LogP contribution in [0, 0.1) is 0 Å². The second kappa shape index (κ2) is 9.09. The van der Waals surface area contributed by atoms with Gasteiger partial charge in [-0.3, -0.25) is 0 Å². The van der Waals surface area contributed by atoms with Gasteiger partial charge in [-0.1, -0.05) is 23.4 Å². The number of fused-ring (bicyclic) bond motifs is 2. The first kappa shape index (κ1) is 23.5. The molecule has 0 aliphatic carbocycles. The number of nitrogens with zero attached hydrogens (tertiary/aromatic N) is 4. The van der Waals surface area contributed by atoms with Crippen LogP contribution in [0.4, 0.5) is 4.79 Å². The lowest BCUT2D eigenvalue weighted by atomic mass is 9.97. The summed E-state index contributed by atoms with van der Waals surface area (Å²) in [6.07, 6.45) is 2.19. The zero-order chi connectivity index (χ0) is 24.7. The van der Waals surface area contributed by atoms with E-state index in [0.717, 1.165) is 39.8 Å². The van der Waals surface area contributed by atoms with Crippen LogP contribution in [0.15, 0.2) is 40.9 Å². The Labute approximate surface area is 204 Å². The number of carbonyl (C=O) groups is 1. The van der Waals surface area contributed by atoms with Crippen LogP contribution < -0.4 is 0 Å². The Kier molecular flexibility index (Phi) is 6.10. The molecule has 5 rings (SSSR count). The molecule has 3 heterocycles. The number of ether oxygens (including phenoxy) is 1. The molecule has 0 unspecified atom stereocenters. The van der Waals surface area contributed by atoms with Gasteiger partial charge in [-0.25, -0.2) is 13.2 Å². The monoisotopic (exact) mass is 496 g/mol. The van der Waals surface area contributed by atoms with Gasteiger partial charge in [0.25, 0.3) is 5.89 Å². The van der Waals surface area contributed by atoms with E-state index in [1.165, 1.54) is 10.6 Å². The Morgan fingerprint density at radius 1 is 0.971 bits per heavy atom. The van der Waals surface area contributed by atoms with Crippen LogP contribution in [0.5, 0.6) is 0 Å². The lowest BCUT2D eigenvalue weighted by Crippen LogP contribution is -2.37.